The molecule has 8 nitrogen and oxygen atoms in total. The predicted octanol–water partition coefficient (Wildman–Crippen LogP) is 3.30. The first kappa shape index (κ1) is 17.6. The van der Waals surface area contributed by atoms with Crippen LogP contribution in [-0.4, -0.2) is 28.3 Å². The Kier molecular flexibility index (Phi) is 4.89. The van der Waals surface area contributed by atoms with E-state index in [9.17, 15) is 9.59 Å². The number of nitrogens with one attached hydrogen (secondary N) is 2. The van der Waals surface area contributed by atoms with E-state index in [2.05, 4.69) is 30.8 Å². The number of fused-ring (bicyclic) bond motifs is 1. The second-order valence-corrected chi connectivity index (χ2v) is 6.64. The van der Waals surface area contributed by atoms with Gasteiger partial charge in [-0.1, -0.05) is 24.3 Å². The van der Waals surface area contributed by atoms with E-state index >= 15 is 0 Å². The molecule has 0 saturated carbocycles. The van der Waals surface area contributed by atoms with E-state index in [4.69, 9.17) is 0 Å². The summed E-state index contributed by atoms with van der Waals surface area (Å²) >= 11 is 1.33. The van der Waals surface area contributed by atoms with E-state index < -0.39 is 5.91 Å². The third-order valence-corrected chi connectivity index (χ3v) is 4.69. The van der Waals surface area contributed by atoms with Crippen LogP contribution in [-0.2, 0) is 0 Å². The number of benzene rings is 2. The van der Waals surface area contributed by atoms with Gasteiger partial charge in [-0.25, -0.2) is 10.1 Å². The normalized spacial score (nSPS) is 11.0. The summed E-state index contributed by atoms with van der Waals surface area (Å²) in [4.78, 5) is 25.3. The first-order chi connectivity index (χ1) is 13.7. The van der Waals surface area contributed by atoms with Gasteiger partial charge in [0.1, 0.15) is 11.0 Å². The highest BCUT2D eigenvalue weighted by molar-refractivity contribution is 7.12. The zero-order chi connectivity index (χ0) is 19.3. The fraction of sp³-hybridized carbons (Fsp3) is 0. The summed E-state index contributed by atoms with van der Waals surface area (Å²) < 4.78 is 4.64. The van der Waals surface area contributed by atoms with Crippen LogP contribution < -0.4 is 10.7 Å². The predicted molar refractivity (Wildman–Crippen MR) is 106 cm³/mol. The van der Waals surface area contributed by atoms with Gasteiger partial charge in [-0.05, 0) is 51.6 Å². The molecule has 2 aromatic carbocycles. The molecule has 2 heterocycles. The molecule has 28 heavy (non-hydrogen) atoms. The zero-order valence-electron chi connectivity index (χ0n) is 14.3. The van der Waals surface area contributed by atoms with Crippen molar-refractivity contribution < 1.29 is 14.2 Å². The van der Waals surface area contributed by atoms with Crippen molar-refractivity contribution in [2.24, 2.45) is 5.10 Å². The molecule has 0 fully saturated rings. The number of carbonyl (C=O) groups excluding carboxylic acids is 2. The lowest BCUT2D eigenvalue weighted by Crippen LogP contribution is -2.21. The van der Waals surface area contributed by atoms with Gasteiger partial charge in [0.2, 0.25) is 0 Å². The molecule has 0 unspecified atom stereocenters. The van der Waals surface area contributed by atoms with Crippen molar-refractivity contribution in [3.05, 3.63) is 76.0 Å². The fourth-order valence-corrected chi connectivity index (χ4v) is 3.11. The monoisotopic (exact) mass is 391 g/mol. The highest BCUT2D eigenvalue weighted by atomic mass is 32.1. The molecule has 0 spiro atoms. The van der Waals surface area contributed by atoms with Crippen molar-refractivity contribution in [2.75, 3.05) is 5.32 Å². The SMILES string of the molecule is O=C(Nc1ccccc1C(=O)NN=Cc1ccc2nonc2c1)c1cccs1. The maximum atomic E-state index is 12.5. The molecule has 0 aliphatic rings. The number of hydrazone groups is 1. The summed E-state index contributed by atoms with van der Waals surface area (Å²) in [6.07, 6.45) is 1.48. The molecule has 2 amide bonds. The van der Waals surface area contributed by atoms with E-state index in [1.807, 2.05) is 5.38 Å². The summed E-state index contributed by atoms with van der Waals surface area (Å²) in [7, 11) is 0. The van der Waals surface area contributed by atoms with Gasteiger partial charge in [0.25, 0.3) is 11.8 Å². The van der Waals surface area contributed by atoms with Crippen LogP contribution >= 0.6 is 11.3 Å². The molecule has 0 bridgehead atoms. The number of aromatic nitrogens is 2. The smallest absolute Gasteiger partial charge is 0.273 e. The Morgan fingerprint density at radius 3 is 2.71 bits per heavy atom. The summed E-state index contributed by atoms with van der Waals surface area (Å²) in [6, 6.07) is 15.5. The highest BCUT2D eigenvalue weighted by Crippen LogP contribution is 2.18. The lowest BCUT2D eigenvalue weighted by molar-refractivity contribution is 0.0956. The van der Waals surface area contributed by atoms with Gasteiger partial charge >= 0.3 is 0 Å². The van der Waals surface area contributed by atoms with Crippen LogP contribution in [0.1, 0.15) is 25.6 Å². The Morgan fingerprint density at radius 1 is 1.00 bits per heavy atom. The molecule has 0 atom stereocenters. The topological polar surface area (TPSA) is 109 Å². The Balaban J connectivity index is 1.46. The van der Waals surface area contributed by atoms with Gasteiger partial charge in [-0.3, -0.25) is 9.59 Å². The largest absolute Gasteiger partial charge is 0.321 e. The molecule has 138 valence electrons. The average Bonchev–Trinajstić information content (AvgIpc) is 3.40. The molecule has 0 radical (unpaired) electrons. The molecule has 0 aliphatic heterocycles. The Morgan fingerprint density at radius 2 is 1.86 bits per heavy atom. The minimum Gasteiger partial charge on any atom is -0.321 e. The van der Waals surface area contributed by atoms with Crippen LogP contribution in [0.3, 0.4) is 0 Å². The van der Waals surface area contributed by atoms with E-state index in [0.717, 1.165) is 5.56 Å². The third kappa shape index (κ3) is 3.79. The van der Waals surface area contributed by atoms with Crippen molar-refractivity contribution in [2.45, 2.75) is 0 Å². The molecule has 0 aliphatic carbocycles. The molecule has 9 heteroatoms. The van der Waals surface area contributed by atoms with E-state index in [-0.39, 0.29) is 5.91 Å². The van der Waals surface area contributed by atoms with Gasteiger partial charge in [-0.15, -0.1) is 11.3 Å². The van der Waals surface area contributed by atoms with Crippen LogP contribution in [0.4, 0.5) is 5.69 Å². The van der Waals surface area contributed by atoms with Crippen molar-refractivity contribution >= 4 is 46.1 Å². The van der Waals surface area contributed by atoms with Crippen molar-refractivity contribution in [1.82, 2.24) is 15.7 Å². The molecular weight excluding hydrogens is 378 g/mol. The number of nitrogens with zero attached hydrogens (tertiary/aromatic N) is 3. The number of anilines is 1. The first-order valence-corrected chi connectivity index (χ1v) is 9.08. The highest BCUT2D eigenvalue weighted by Gasteiger charge is 2.14. The maximum absolute atomic E-state index is 12.5. The average molecular weight is 391 g/mol. The lowest BCUT2D eigenvalue weighted by Gasteiger charge is -2.09. The van der Waals surface area contributed by atoms with E-state index in [1.165, 1.54) is 17.6 Å². The number of thiophene rings is 1. The second kappa shape index (κ2) is 7.80. The number of amides is 2. The number of para-hydroxylation sites is 1. The van der Waals surface area contributed by atoms with Crippen LogP contribution in [0.2, 0.25) is 0 Å². The van der Waals surface area contributed by atoms with E-state index in [1.54, 1.807) is 54.6 Å². The molecule has 2 N–H and O–H groups in total. The number of hydrogen-bond acceptors (Lipinski definition) is 7. The molecule has 0 saturated heterocycles. The van der Waals surface area contributed by atoms with Gasteiger partial charge in [0, 0.05) is 0 Å². The quantitative estimate of drug-likeness (QED) is 0.401. The summed E-state index contributed by atoms with van der Waals surface area (Å²) in [5.41, 5.74) is 5.13. The van der Waals surface area contributed by atoms with Crippen molar-refractivity contribution in [1.29, 1.82) is 0 Å². The molecular formula is C19H13N5O3S. The summed E-state index contributed by atoms with van der Waals surface area (Å²) in [6.45, 7) is 0. The van der Waals surface area contributed by atoms with Gasteiger partial charge in [-0.2, -0.15) is 5.10 Å². The molecule has 2 aromatic heterocycles. The second-order valence-electron chi connectivity index (χ2n) is 5.69. The van der Waals surface area contributed by atoms with Crippen LogP contribution in [0, 0.1) is 0 Å². The van der Waals surface area contributed by atoms with Crippen molar-refractivity contribution in [3.63, 3.8) is 0 Å². The van der Waals surface area contributed by atoms with Gasteiger partial charge < -0.3 is 5.32 Å². The summed E-state index contributed by atoms with van der Waals surface area (Å²) in [5.74, 6) is -0.712. The molecule has 4 rings (SSSR count). The van der Waals surface area contributed by atoms with Crippen LogP contribution in [0.15, 0.2) is 69.7 Å². The minimum atomic E-state index is -0.442. The van der Waals surface area contributed by atoms with Gasteiger partial charge in [0.15, 0.2) is 0 Å². The number of carbonyl (C=O) groups is 2. The lowest BCUT2D eigenvalue weighted by atomic mass is 10.1. The van der Waals surface area contributed by atoms with Gasteiger partial charge in [0.05, 0.1) is 22.3 Å². The molecule has 4 aromatic rings. The van der Waals surface area contributed by atoms with Crippen LogP contribution in [0.25, 0.3) is 11.0 Å². The summed E-state index contributed by atoms with van der Waals surface area (Å²) in [5, 5.41) is 16.0. The third-order valence-electron chi connectivity index (χ3n) is 3.82. The maximum Gasteiger partial charge on any atom is 0.273 e. The fourth-order valence-electron chi connectivity index (χ4n) is 2.49. The Bertz CT molecular complexity index is 1170. The standard InChI is InChI=1S/C19H13N5O3S/c25-18(22-20-11-12-7-8-15-16(10-12)24-27-23-15)13-4-1-2-5-14(13)21-19(26)17-6-3-9-28-17/h1-11H,(H,21,26)(H,22,25). The number of rotatable bonds is 5. The Hall–Kier alpha value is -3.85. The van der Waals surface area contributed by atoms with Crippen LogP contribution in [0.5, 0.6) is 0 Å². The van der Waals surface area contributed by atoms with Crippen molar-refractivity contribution in [3.8, 4) is 0 Å². The Labute approximate surface area is 162 Å². The first-order valence-electron chi connectivity index (χ1n) is 8.20. The minimum absolute atomic E-state index is 0.270. The number of hydrogen-bond donors (Lipinski definition) is 2. The van der Waals surface area contributed by atoms with E-state index in [0.29, 0.717) is 27.2 Å². The zero-order valence-corrected chi connectivity index (χ0v) is 15.1.